The number of aromatic nitrogens is 1. The highest BCUT2D eigenvalue weighted by molar-refractivity contribution is 5.44. The second-order valence-corrected chi connectivity index (χ2v) is 6.53. The van der Waals surface area contributed by atoms with Crippen LogP contribution in [0.3, 0.4) is 0 Å². The fourth-order valence-electron chi connectivity index (χ4n) is 3.35. The Morgan fingerprint density at radius 1 is 1.24 bits per heavy atom. The Kier molecular flexibility index (Phi) is 5.63. The summed E-state index contributed by atoms with van der Waals surface area (Å²) in [5.41, 5.74) is 2.99. The lowest BCUT2D eigenvalue weighted by atomic mass is 9.82. The maximum atomic E-state index is 4.78. The van der Waals surface area contributed by atoms with Crippen LogP contribution in [0, 0.1) is 12.3 Å². The zero-order valence-corrected chi connectivity index (χ0v) is 14.2. The van der Waals surface area contributed by atoms with Crippen molar-refractivity contribution in [2.45, 2.75) is 59.9 Å². The first-order valence-corrected chi connectivity index (χ1v) is 8.55. The van der Waals surface area contributed by atoms with E-state index in [2.05, 4.69) is 50.0 Å². The molecule has 0 atom stereocenters. The molecule has 0 unspecified atom stereocenters. The molecule has 21 heavy (non-hydrogen) atoms. The van der Waals surface area contributed by atoms with Crippen molar-refractivity contribution < 1.29 is 0 Å². The molecule has 0 saturated carbocycles. The molecule has 0 aliphatic carbocycles. The minimum absolute atomic E-state index is 0.506. The first-order chi connectivity index (χ1) is 10.1. The zero-order chi connectivity index (χ0) is 15.3. The van der Waals surface area contributed by atoms with Gasteiger partial charge in [-0.1, -0.05) is 20.8 Å². The molecule has 1 aromatic rings. The molecule has 1 N–H and O–H groups in total. The molecule has 1 aliphatic heterocycles. The van der Waals surface area contributed by atoms with Crippen molar-refractivity contribution in [1.29, 1.82) is 0 Å². The lowest BCUT2D eigenvalue weighted by molar-refractivity contribution is 0.301. The minimum Gasteiger partial charge on any atom is -0.356 e. The summed E-state index contributed by atoms with van der Waals surface area (Å²) in [5.74, 6) is 1.17. The molecule has 2 rings (SSSR count). The number of anilines is 1. The summed E-state index contributed by atoms with van der Waals surface area (Å²) in [6.45, 7) is 13.3. The Morgan fingerprint density at radius 2 is 2.00 bits per heavy atom. The van der Waals surface area contributed by atoms with E-state index < -0.39 is 0 Å². The lowest BCUT2D eigenvalue weighted by Gasteiger charge is -2.27. The van der Waals surface area contributed by atoms with Gasteiger partial charge >= 0.3 is 0 Å². The van der Waals surface area contributed by atoms with Gasteiger partial charge in [0.05, 0.1) is 0 Å². The highest BCUT2D eigenvalue weighted by atomic mass is 15.2. The standard InChI is InChI=1S/C18H31N3/c1-5-9-19-13-16-11-15(4)20-17(12-16)21-10-8-18(6-2,7-3)14-21/h11-12,19H,5-10,13-14H2,1-4H3. The van der Waals surface area contributed by atoms with Crippen LogP contribution >= 0.6 is 0 Å². The van der Waals surface area contributed by atoms with Crippen LogP contribution in [0.5, 0.6) is 0 Å². The van der Waals surface area contributed by atoms with Crippen LogP contribution in [0.1, 0.15) is 57.7 Å². The molecule has 1 aliphatic rings. The zero-order valence-electron chi connectivity index (χ0n) is 14.2. The molecule has 0 aromatic carbocycles. The normalized spacial score (nSPS) is 17.4. The van der Waals surface area contributed by atoms with Crippen LogP contribution in [-0.2, 0) is 6.54 Å². The number of hydrogen-bond acceptors (Lipinski definition) is 3. The summed E-state index contributed by atoms with van der Waals surface area (Å²) in [6.07, 6.45) is 5.03. The van der Waals surface area contributed by atoms with E-state index in [9.17, 15) is 0 Å². The number of nitrogens with one attached hydrogen (secondary N) is 1. The summed E-state index contributed by atoms with van der Waals surface area (Å²) >= 11 is 0. The number of rotatable bonds is 7. The van der Waals surface area contributed by atoms with Crippen LogP contribution in [0.25, 0.3) is 0 Å². The molecular weight excluding hydrogens is 258 g/mol. The molecule has 2 heterocycles. The largest absolute Gasteiger partial charge is 0.356 e. The molecule has 0 amide bonds. The number of aryl methyl sites for hydroxylation is 1. The predicted octanol–water partition coefficient (Wildman–Crippen LogP) is 3.91. The van der Waals surface area contributed by atoms with E-state index in [4.69, 9.17) is 4.98 Å². The molecule has 118 valence electrons. The molecule has 0 radical (unpaired) electrons. The van der Waals surface area contributed by atoms with Crippen LogP contribution in [0.4, 0.5) is 5.82 Å². The van der Waals surface area contributed by atoms with E-state index in [0.29, 0.717) is 5.41 Å². The van der Waals surface area contributed by atoms with Crippen molar-refractivity contribution in [3.05, 3.63) is 23.4 Å². The Morgan fingerprint density at radius 3 is 2.62 bits per heavy atom. The van der Waals surface area contributed by atoms with Gasteiger partial charge in [-0.05, 0) is 62.3 Å². The topological polar surface area (TPSA) is 28.2 Å². The Bertz CT molecular complexity index is 452. The third-order valence-corrected chi connectivity index (χ3v) is 5.02. The number of nitrogens with zero attached hydrogens (tertiary/aromatic N) is 2. The van der Waals surface area contributed by atoms with Gasteiger partial charge in [0.2, 0.25) is 0 Å². The quantitative estimate of drug-likeness (QED) is 0.771. The molecule has 0 spiro atoms. The minimum atomic E-state index is 0.506. The molecule has 1 aromatic heterocycles. The lowest BCUT2D eigenvalue weighted by Crippen LogP contribution is -2.27. The molecule has 1 fully saturated rings. The first-order valence-electron chi connectivity index (χ1n) is 8.55. The van der Waals surface area contributed by atoms with Gasteiger partial charge in [0, 0.05) is 25.3 Å². The Labute approximate surface area is 130 Å². The average Bonchev–Trinajstić information content (AvgIpc) is 2.92. The number of hydrogen-bond donors (Lipinski definition) is 1. The monoisotopic (exact) mass is 289 g/mol. The maximum absolute atomic E-state index is 4.78. The van der Waals surface area contributed by atoms with Crippen molar-refractivity contribution in [2.75, 3.05) is 24.5 Å². The van der Waals surface area contributed by atoms with Gasteiger partial charge in [0.15, 0.2) is 0 Å². The van der Waals surface area contributed by atoms with Crippen molar-refractivity contribution in [1.82, 2.24) is 10.3 Å². The van der Waals surface area contributed by atoms with Crippen LogP contribution in [0.15, 0.2) is 12.1 Å². The van der Waals surface area contributed by atoms with Gasteiger partial charge in [-0.25, -0.2) is 4.98 Å². The summed E-state index contributed by atoms with van der Waals surface area (Å²) in [7, 11) is 0. The van der Waals surface area contributed by atoms with E-state index in [1.54, 1.807) is 0 Å². The second kappa shape index (κ2) is 7.26. The first kappa shape index (κ1) is 16.3. The van der Waals surface area contributed by atoms with Gasteiger partial charge in [0.25, 0.3) is 0 Å². The van der Waals surface area contributed by atoms with E-state index in [1.165, 1.54) is 37.1 Å². The molecule has 1 saturated heterocycles. The van der Waals surface area contributed by atoms with Gasteiger partial charge in [0.1, 0.15) is 5.82 Å². The molecule has 0 bridgehead atoms. The highest BCUT2D eigenvalue weighted by Crippen LogP contribution is 2.38. The summed E-state index contributed by atoms with van der Waals surface area (Å²) in [6, 6.07) is 4.48. The SMILES string of the molecule is CCCNCc1cc(C)nc(N2CCC(CC)(CC)C2)c1. The third kappa shape index (κ3) is 3.97. The van der Waals surface area contributed by atoms with Gasteiger partial charge in [-0.2, -0.15) is 0 Å². The Balaban J connectivity index is 2.09. The Hall–Kier alpha value is -1.09. The van der Waals surface area contributed by atoms with E-state index in [-0.39, 0.29) is 0 Å². The van der Waals surface area contributed by atoms with Crippen molar-refractivity contribution in [2.24, 2.45) is 5.41 Å². The fourth-order valence-corrected chi connectivity index (χ4v) is 3.35. The summed E-state index contributed by atoms with van der Waals surface area (Å²) in [5, 5.41) is 3.49. The maximum Gasteiger partial charge on any atom is 0.129 e. The van der Waals surface area contributed by atoms with Crippen LogP contribution in [-0.4, -0.2) is 24.6 Å². The third-order valence-electron chi connectivity index (χ3n) is 5.02. The number of pyridine rings is 1. The van der Waals surface area contributed by atoms with Gasteiger partial charge < -0.3 is 10.2 Å². The van der Waals surface area contributed by atoms with E-state index >= 15 is 0 Å². The van der Waals surface area contributed by atoms with Gasteiger partial charge in [-0.3, -0.25) is 0 Å². The average molecular weight is 289 g/mol. The highest BCUT2D eigenvalue weighted by Gasteiger charge is 2.35. The second-order valence-electron chi connectivity index (χ2n) is 6.53. The smallest absolute Gasteiger partial charge is 0.129 e. The van der Waals surface area contributed by atoms with Crippen LogP contribution in [0.2, 0.25) is 0 Å². The van der Waals surface area contributed by atoms with E-state index in [0.717, 1.165) is 31.9 Å². The molecule has 3 heteroatoms. The van der Waals surface area contributed by atoms with Crippen molar-refractivity contribution in [3.8, 4) is 0 Å². The van der Waals surface area contributed by atoms with Crippen LogP contribution < -0.4 is 10.2 Å². The van der Waals surface area contributed by atoms with Gasteiger partial charge in [-0.15, -0.1) is 0 Å². The van der Waals surface area contributed by atoms with Crippen molar-refractivity contribution in [3.63, 3.8) is 0 Å². The predicted molar refractivity (Wildman–Crippen MR) is 90.8 cm³/mol. The summed E-state index contributed by atoms with van der Waals surface area (Å²) in [4.78, 5) is 7.27. The van der Waals surface area contributed by atoms with Crippen molar-refractivity contribution >= 4 is 5.82 Å². The fraction of sp³-hybridized carbons (Fsp3) is 0.722. The van der Waals surface area contributed by atoms with E-state index in [1.807, 2.05) is 0 Å². The summed E-state index contributed by atoms with van der Waals surface area (Å²) < 4.78 is 0. The molecular formula is C18H31N3. The molecule has 3 nitrogen and oxygen atoms in total.